The van der Waals surface area contributed by atoms with Gasteiger partial charge < -0.3 is 0 Å². The molecule has 0 N–H and O–H groups in total. The fourth-order valence-electron chi connectivity index (χ4n) is 1.93. The normalized spacial score (nSPS) is 11.4. The van der Waals surface area contributed by atoms with Crippen LogP contribution in [0.5, 0.6) is 0 Å². The lowest BCUT2D eigenvalue weighted by Crippen LogP contribution is -2.05. The highest BCUT2D eigenvalue weighted by Crippen LogP contribution is 2.18. The molecule has 3 heteroatoms. The molecule has 1 aromatic carbocycles. The van der Waals surface area contributed by atoms with Crippen molar-refractivity contribution in [2.45, 2.75) is 33.6 Å². The van der Waals surface area contributed by atoms with Gasteiger partial charge in [0.2, 0.25) is 0 Å². The third-order valence-corrected chi connectivity index (χ3v) is 3.39. The molecule has 90 valence electrons. The van der Waals surface area contributed by atoms with E-state index < -0.39 is 0 Å². The van der Waals surface area contributed by atoms with Crippen LogP contribution in [-0.2, 0) is 12.8 Å². The van der Waals surface area contributed by atoms with Crippen LogP contribution in [0.15, 0.2) is 18.2 Å². The van der Waals surface area contributed by atoms with Gasteiger partial charge in [-0.25, -0.2) is 9.97 Å². The average molecular weight is 340 g/mol. The highest BCUT2D eigenvalue weighted by atomic mass is 127. The van der Waals surface area contributed by atoms with Gasteiger partial charge in [0.05, 0.1) is 22.4 Å². The quantitative estimate of drug-likeness (QED) is 0.790. The lowest BCUT2D eigenvalue weighted by atomic mass is 10.0. The van der Waals surface area contributed by atoms with Gasteiger partial charge in [0, 0.05) is 3.57 Å². The highest BCUT2D eigenvalue weighted by molar-refractivity contribution is 14.1. The van der Waals surface area contributed by atoms with Gasteiger partial charge >= 0.3 is 0 Å². The Morgan fingerprint density at radius 2 is 1.82 bits per heavy atom. The van der Waals surface area contributed by atoms with Crippen LogP contribution in [0.4, 0.5) is 0 Å². The van der Waals surface area contributed by atoms with Crippen molar-refractivity contribution in [3.63, 3.8) is 0 Å². The lowest BCUT2D eigenvalue weighted by molar-refractivity contribution is 0.629. The average Bonchev–Trinajstić information content (AvgIpc) is 2.27. The molecule has 0 aliphatic heterocycles. The van der Waals surface area contributed by atoms with Gasteiger partial charge in [-0.3, -0.25) is 0 Å². The summed E-state index contributed by atoms with van der Waals surface area (Å²) in [5, 5.41) is 0. The first kappa shape index (κ1) is 12.7. The van der Waals surface area contributed by atoms with Crippen molar-refractivity contribution in [2.75, 3.05) is 0 Å². The predicted molar refractivity (Wildman–Crippen MR) is 80.2 cm³/mol. The largest absolute Gasteiger partial charge is 0.249 e. The van der Waals surface area contributed by atoms with Gasteiger partial charge in [-0.05, 0) is 59.5 Å². The number of aromatic nitrogens is 2. The fraction of sp³-hybridized carbons (Fsp3) is 0.429. The minimum atomic E-state index is 0.620. The second-order valence-corrected chi connectivity index (χ2v) is 5.95. The number of hydrogen-bond donors (Lipinski definition) is 0. The van der Waals surface area contributed by atoms with Crippen LogP contribution in [-0.4, -0.2) is 9.97 Å². The van der Waals surface area contributed by atoms with E-state index in [1.807, 2.05) is 0 Å². The standard InChI is InChI=1S/C14H17IN2/c1-4-11-13(7-9(2)3)17-14-8-10(15)5-6-12(14)16-11/h5-6,8-9H,4,7H2,1-3H3. The molecule has 0 amide bonds. The summed E-state index contributed by atoms with van der Waals surface area (Å²) < 4.78 is 1.21. The molecule has 2 aromatic rings. The van der Waals surface area contributed by atoms with Gasteiger partial charge in [-0.15, -0.1) is 0 Å². The van der Waals surface area contributed by atoms with Crippen LogP contribution in [0, 0.1) is 9.49 Å². The molecule has 1 heterocycles. The van der Waals surface area contributed by atoms with Crippen LogP contribution >= 0.6 is 22.6 Å². The summed E-state index contributed by atoms with van der Waals surface area (Å²) in [5.74, 6) is 0.620. The Labute approximate surface area is 116 Å². The van der Waals surface area contributed by atoms with Gasteiger partial charge in [-0.1, -0.05) is 20.8 Å². The Balaban J connectivity index is 2.57. The molecule has 0 saturated heterocycles. The summed E-state index contributed by atoms with van der Waals surface area (Å²) in [4.78, 5) is 9.50. The molecular formula is C14H17IN2. The summed E-state index contributed by atoms with van der Waals surface area (Å²) in [5.41, 5.74) is 4.34. The maximum Gasteiger partial charge on any atom is 0.0900 e. The summed E-state index contributed by atoms with van der Waals surface area (Å²) in [6.07, 6.45) is 1.97. The molecule has 0 aliphatic rings. The van der Waals surface area contributed by atoms with Crippen LogP contribution in [0.3, 0.4) is 0 Å². The van der Waals surface area contributed by atoms with Crippen molar-refractivity contribution in [1.29, 1.82) is 0 Å². The minimum Gasteiger partial charge on any atom is -0.249 e. The molecule has 17 heavy (non-hydrogen) atoms. The van der Waals surface area contributed by atoms with E-state index in [2.05, 4.69) is 61.6 Å². The second-order valence-electron chi connectivity index (χ2n) is 4.70. The first-order valence-corrected chi connectivity index (χ1v) is 7.13. The summed E-state index contributed by atoms with van der Waals surface area (Å²) in [6.45, 7) is 6.59. The number of hydrogen-bond acceptors (Lipinski definition) is 2. The molecule has 0 atom stereocenters. The van der Waals surface area contributed by atoms with Crippen molar-refractivity contribution in [3.8, 4) is 0 Å². The van der Waals surface area contributed by atoms with Gasteiger partial charge in [0.15, 0.2) is 0 Å². The summed E-state index contributed by atoms with van der Waals surface area (Å²) in [7, 11) is 0. The maximum atomic E-state index is 4.78. The van der Waals surface area contributed by atoms with E-state index >= 15 is 0 Å². The maximum absolute atomic E-state index is 4.78. The van der Waals surface area contributed by atoms with Crippen molar-refractivity contribution < 1.29 is 0 Å². The first-order valence-electron chi connectivity index (χ1n) is 6.05. The first-order chi connectivity index (χ1) is 8.10. The van der Waals surface area contributed by atoms with E-state index in [-0.39, 0.29) is 0 Å². The number of halogens is 1. The molecule has 0 saturated carbocycles. The van der Waals surface area contributed by atoms with Gasteiger partial charge in [0.25, 0.3) is 0 Å². The molecule has 0 spiro atoms. The Hall–Kier alpha value is -0.710. The monoisotopic (exact) mass is 340 g/mol. The third-order valence-electron chi connectivity index (χ3n) is 2.72. The lowest BCUT2D eigenvalue weighted by Gasteiger charge is -2.10. The highest BCUT2D eigenvalue weighted by Gasteiger charge is 2.09. The van der Waals surface area contributed by atoms with Crippen LogP contribution in [0.1, 0.15) is 32.2 Å². The number of aryl methyl sites for hydroxylation is 1. The fourth-order valence-corrected chi connectivity index (χ4v) is 2.41. The Bertz CT molecular complexity index is 535. The molecule has 2 nitrogen and oxygen atoms in total. The number of benzene rings is 1. The Morgan fingerprint density at radius 3 is 2.47 bits per heavy atom. The zero-order valence-electron chi connectivity index (χ0n) is 10.5. The van der Waals surface area contributed by atoms with E-state index in [4.69, 9.17) is 9.97 Å². The summed E-state index contributed by atoms with van der Waals surface area (Å²) >= 11 is 2.32. The SMILES string of the molecule is CCc1nc2ccc(I)cc2nc1CC(C)C. The van der Waals surface area contributed by atoms with E-state index in [0.717, 1.165) is 35.3 Å². The summed E-state index contributed by atoms with van der Waals surface area (Å²) in [6, 6.07) is 6.24. The molecule has 0 aliphatic carbocycles. The molecule has 0 unspecified atom stereocenters. The van der Waals surface area contributed by atoms with E-state index in [1.54, 1.807) is 0 Å². The van der Waals surface area contributed by atoms with Crippen molar-refractivity contribution in [3.05, 3.63) is 33.2 Å². The molecular weight excluding hydrogens is 323 g/mol. The minimum absolute atomic E-state index is 0.620. The molecule has 0 bridgehead atoms. The number of rotatable bonds is 3. The van der Waals surface area contributed by atoms with Crippen molar-refractivity contribution in [1.82, 2.24) is 9.97 Å². The van der Waals surface area contributed by atoms with Crippen molar-refractivity contribution in [2.24, 2.45) is 5.92 Å². The zero-order chi connectivity index (χ0) is 12.4. The Morgan fingerprint density at radius 1 is 1.12 bits per heavy atom. The van der Waals surface area contributed by atoms with Crippen LogP contribution in [0.25, 0.3) is 11.0 Å². The zero-order valence-corrected chi connectivity index (χ0v) is 12.7. The molecule has 2 rings (SSSR count). The smallest absolute Gasteiger partial charge is 0.0900 e. The van der Waals surface area contributed by atoms with Crippen LogP contribution < -0.4 is 0 Å². The molecule has 0 fully saturated rings. The van der Waals surface area contributed by atoms with E-state index in [9.17, 15) is 0 Å². The molecule has 1 aromatic heterocycles. The second kappa shape index (κ2) is 5.29. The molecule has 0 radical (unpaired) electrons. The van der Waals surface area contributed by atoms with E-state index in [1.165, 1.54) is 3.57 Å². The number of nitrogens with zero attached hydrogens (tertiary/aromatic N) is 2. The third kappa shape index (κ3) is 2.94. The van der Waals surface area contributed by atoms with Crippen molar-refractivity contribution >= 4 is 33.6 Å². The van der Waals surface area contributed by atoms with Crippen LogP contribution in [0.2, 0.25) is 0 Å². The number of fused-ring (bicyclic) bond motifs is 1. The van der Waals surface area contributed by atoms with Gasteiger partial charge in [-0.2, -0.15) is 0 Å². The topological polar surface area (TPSA) is 25.8 Å². The Kier molecular flexibility index (Phi) is 3.97. The predicted octanol–water partition coefficient (Wildman–Crippen LogP) is 4.00. The van der Waals surface area contributed by atoms with Gasteiger partial charge in [0.1, 0.15) is 0 Å². The van der Waals surface area contributed by atoms with E-state index in [0.29, 0.717) is 5.92 Å².